The molecule has 0 aliphatic carbocycles. The number of imide groups is 1. The van der Waals surface area contributed by atoms with Crippen molar-refractivity contribution in [3.63, 3.8) is 0 Å². The minimum absolute atomic E-state index is 0.0217. The first-order chi connectivity index (χ1) is 16.9. The summed E-state index contributed by atoms with van der Waals surface area (Å²) in [5.74, 6) is -2.18. The molecule has 174 valence electrons. The molecule has 0 radical (unpaired) electrons. The fourth-order valence-electron chi connectivity index (χ4n) is 4.09. The average molecular weight is 469 g/mol. The summed E-state index contributed by atoms with van der Waals surface area (Å²) in [6.45, 7) is 0.275. The van der Waals surface area contributed by atoms with E-state index in [2.05, 4.69) is 20.8 Å². The Kier molecular flexibility index (Phi) is 5.46. The maximum absolute atomic E-state index is 13.2. The van der Waals surface area contributed by atoms with Gasteiger partial charge in [-0.1, -0.05) is 48.5 Å². The monoisotopic (exact) mass is 469 g/mol. The maximum atomic E-state index is 13.2. The minimum Gasteiger partial charge on any atom is -0.478 e. The van der Waals surface area contributed by atoms with Crippen molar-refractivity contribution in [3.8, 4) is 0 Å². The number of amides is 4. The van der Waals surface area contributed by atoms with Crippen LogP contribution in [0.3, 0.4) is 0 Å². The standard InChI is InChI=1S/C25H19N5O5/c31-22(15-7-2-1-3-8-15)27-25(35)30-12-18-19(13-30)28-29-21(18)26-23(32)20-16-9-5-4-6-14(16)10-11-17(20)24(33)34/h1-11H,12-13H2,(H,33,34)(H,27,31,35)(H2,26,28,29,32). The Balaban J connectivity index is 1.35. The second kappa shape index (κ2) is 8.75. The van der Waals surface area contributed by atoms with Crippen molar-refractivity contribution in [2.75, 3.05) is 5.32 Å². The van der Waals surface area contributed by atoms with Gasteiger partial charge in [-0.25, -0.2) is 9.59 Å². The van der Waals surface area contributed by atoms with Crippen LogP contribution in [-0.4, -0.2) is 44.0 Å². The molecule has 10 nitrogen and oxygen atoms in total. The molecule has 0 unspecified atom stereocenters. The van der Waals surface area contributed by atoms with E-state index in [4.69, 9.17) is 0 Å². The first-order valence-corrected chi connectivity index (χ1v) is 10.7. The van der Waals surface area contributed by atoms with Gasteiger partial charge < -0.3 is 15.3 Å². The lowest BCUT2D eigenvalue weighted by atomic mass is 9.98. The highest BCUT2D eigenvalue weighted by Gasteiger charge is 2.30. The van der Waals surface area contributed by atoms with Crippen molar-refractivity contribution in [3.05, 3.63) is 94.7 Å². The maximum Gasteiger partial charge on any atom is 0.336 e. The summed E-state index contributed by atoms with van der Waals surface area (Å²) in [6.07, 6.45) is 0. The Hall–Kier alpha value is -4.99. The highest BCUT2D eigenvalue weighted by Crippen LogP contribution is 2.29. The van der Waals surface area contributed by atoms with Gasteiger partial charge in [0.2, 0.25) is 0 Å². The molecule has 2 heterocycles. The van der Waals surface area contributed by atoms with E-state index in [1.165, 1.54) is 11.0 Å². The number of hydrogen-bond donors (Lipinski definition) is 4. The lowest BCUT2D eigenvalue weighted by Crippen LogP contribution is -2.40. The second-order valence-corrected chi connectivity index (χ2v) is 7.98. The molecule has 0 spiro atoms. The summed E-state index contributed by atoms with van der Waals surface area (Å²) in [7, 11) is 0. The number of carboxylic acids is 1. The number of aromatic amines is 1. The molecule has 0 saturated heterocycles. The molecule has 4 N–H and O–H groups in total. The average Bonchev–Trinajstić information content (AvgIpc) is 3.45. The van der Waals surface area contributed by atoms with Crippen LogP contribution >= 0.6 is 0 Å². The summed E-state index contributed by atoms with van der Waals surface area (Å²) in [5.41, 5.74) is 1.44. The van der Waals surface area contributed by atoms with Crippen LogP contribution in [0.25, 0.3) is 10.8 Å². The number of urea groups is 1. The topological polar surface area (TPSA) is 144 Å². The van der Waals surface area contributed by atoms with Gasteiger partial charge in [-0.05, 0) is 29.0 Å². The number of fused-ring (bicyclic) bond motifs is 2. The summed E-state index contributed by atoms with van der Waals surface area (Å²) >= 11 is 0. The van der Waals surface area contributed by atoms with Crippen LogP contribution in [0, 0.1) is 0 Å². The first-order valence-electron chi connectivity index (χ1n) is 10.7. The number of carboxylic acid groups (broad SMARTS) is 1. The van der Waals surface area contributed by atoms with Gasteiger partial charge >= 0.3 is 12.0 Å². The molecule has 0 bridgehead atoms. The third kappa shape index (κ3) is 4.08. The van der Waals surface area contributed by atoms with Gasteiger partial charge in [0.15, 0.2) is 5.82 Å². The van der Waals surface area contributed by atoms with Crippen molar-refractivity contribution in [1.82, 2.24) is 20.4 Å². The Bertz CT molecular complexity index is 1490. The number of nitrogens with zero attached hydrogens (tertiary/aromatic N) is 2. The fraction of sp³-hybridized carbons (Fsp3) is 0.0800. The Morgan fingerprint density at radius 3 is 2.40 bits per heavy atom. The second-order valence-electron chi connectivity index (χ2n) is 7.98. The third-order valence-electron chi connectivity index (χ3n) is 5.81. The molecule has 5 rings (SSSR count). The first kappa shape index (κ1) is 21.8. The number of benzene rings is 3. The number of carbonyl (C=O) groups excluding carboxylic acids is 3. The molecule has 4 aromatic rings. The molecule has 35 heavy (non-hydrogen) atoms. The number of aromatic carboxylic acids is 1. The molecule has 3 aromatic carbocycles. The molecular weight excluding hydrogens is 450 g/mol. The molecular formula is C25H19N5O5. The molecule has 0 fully saturated rings. The van der Waals surface area contributed by atoms with Gasteiger partial charge in [-0.3, -0.25) is 20.0 Å². The van der Waals surface area contributed by atoms with Crippen LogP contribution in [0.5, 0.6) is 0 Å². The predicted molar refractivity (Wildman–Crippen MR) is 126 cm³/mol. The molecule has 4 amide bonds. The quantitative estimate of drug-likeness (QED) is 0.361. The number of rotatable bonds is 4. The van der Waals surface area contributed by atoms with E-state index in [0.717, 1.165) is 5.39 Å². The van der Waals surface area contributed by atoms with Crippen LogP contribution in [0.4, 0.5) is 10.6 Å². The Morgan fingerprint density at radius 1 is 0.886 bits per heavy atom. The lowest BCUT2D eigenvalue weighted by Gasteiger charge is -2.16. The number of H-pyrrole nitrogens is 1. The molecule has 10 heteroatoms. The zero-order chi connectivity index (χ0) is 24.5. The minimum atomic E-state index is -1.22. The van der Waals surface area contributed by atoms with Crippen molar-refractivity contribution < 1.29 is 24.3 Å². The zero-order valence-corrected chi connectivity index (χ0v) is 18.2. The summed E-state index contributed by atoms with van der Waals surface area (Å²) in [6, 6.07) is 17.8. The Labute approximate surface area is 198 Å². The number of carbonyl (C=O) groups is 4. The van der Waals surface area contributed by atoms with E-state index in [0.29, 0.717) is 22.2 Å². The van der Waals surface area contributed by atoms with E-state index < -0.39 is 23.8 Å². The molecule has 0 saturated carbocycles. The van der Waals surface area contributed by atoms with Gasteiger partial charge in [0, 0.05) is 11.1 Å². The lowest BCUT2D eigenvalue weighted by molar-refractivity contribution is 0.0692. The van der Waals surface area contributed by atoms with Crippen LogP contribution < -0.4 is 10.6 Å². The van der Waals surface area contributed by atoms with Gasteiger partial charge in [0.05, 0.1) is 29.9 Å². The summed E-state index contributed by atoms with van der Waals surface area (Å²) < 4.78 is 0. The number of aromatic nitrogens is 2. The largest absolute Gasteiger partial charge is 0.478 e. The van der Waals surface area contributed by atoms with Gasteiger partial charge in [-0.2, -0.15) is 5.10 Å². The number of anilines is 1. The highest BCUT2D eigenvalue weighted by molar-refractivity contribution is 6.18. The van der Waals surface area contributed by atoms with Crippen molar-refractivity contribution in [1.29, 1.82) is 0 Å². The number of hydrogen-bond acceptors (Lipinski definition) is 5. The van der Waals surface area contributed by atoms with Gasteiger partial charge in [-0.15, -0.1) is 0 Å². The van der Waals surface area contributed by atoms with E-state index in [9.17, 15) is 24.3 Å². The van der Waals surface area contributed by atoms with Crippen molar-refractivity contribution in [2.45, 2.75) is 13.1 Å². The van der Waals surface area contributed by atoms with E-state index in [1.54, 1.807) is 60.7 Å². The summed E-state index contributed by atoms with van der Waals surface area (Å²) in [5, 5.41) is 22.8. The molecule has 1 aromatic heterocycles. The summed E-state index contributed by atoms with van der Waals surface area (Å²) in [4.78, 5) is 51.3. The predicted octanol–water partition coefficient (Wildman–Crippen LogP) is 3.38. The van der Waals surface area contributed by atoms with Crippen molar-refractivity contribution >= 4 is 40.4 Å². The molecule has 1 aliphatic heterocycles. The Morgan fingerprint density at radius 2 is 1.63 bits per heavy atom. The normalized spacial score (nSPS) is 12.3. The number of nitrogens with one attached hydrogen (secondary N) is 3. The van der Waals surface area contributed by atoms with Crippen LogP contribution in [0.15, 0.2) is 66.7 Å². The smallest absolute Gasteiger partial charge is 0.336 e. The van der Waals surface area contributed by atoms with E-state index in [-0.39, 0.29) is 30.0 Å². The van der Waals surface area contributed by atoms with Crippen LogP contribution in [0.2, 0.25) is 0 Å². The van der Waals surface area contributed by atoms with E-state index >= 15 is 0 Å². The third-order valence-corrected chi connectivity index (χ3v) is 5.81. The molecule has 1 aliphatic rings. The molecule has 0 atom stereocenters. The highest BCUT2D eigenvalue weighted by atomic mass is 16.4. The van der Waals surface area contributed by atoms with Crippen LogP contribution in [-0.2, 0) is 13.1 Å². The van der Waals surface area contributed by atoms with Gasteiger partial charge in [0.1, 0.15) is 0 Å². The van der Waals surface area contributed by atoms with Crippen molar-refractivity contribution in [2.24, 2.45) is 0 Å². The van der Waals surface area contributed by atoms with Gasteiger partial charge in [0.25, 0.3) is 11.8 Å². The fourth-order valence-corrected chi connectivity index (χ4v) is 4.09. The zero-order valence-electron chi connectivity index (χ0n) is 18.2. The van der Waals surface area contributed by atoms with E-state index in [1.807, 2.05) is 0 Å². The van der Waals surface area contributed by atoms with Crippen LogP contribution in [0.1, 0.15) is 42.3 Å². The SMILES string of the molecule is O=C(NC(=O)N1Cc2[nH]nc(NC(=O)c3c(C(=O)O)ccc4ccccc34)c2C1)c1ccccc1.